The van der Waals surface area contributed by atoms with Crippen molar-refractivity contribution in [1.82, 2.24) is 4.98 Å². The van der Waals surface area contributed by atoms with Gasteiger partial charge in [0.1, 0.15) is 10.8 Å². The largest absolute Gasteiger partial charge is 0.495 e. The first kappa shape index (κ1) is 11.1. The second-order valence-corrected chi connectivity index (χ2v) is 3.76. The van der Waals surface area contributed by atoms with Crippen LogP contribution in [0.4, 0.5) is 6.01 Å². The Kier molecular flexibility index (Phi) is 2.94. The monoisotopic (exact) mass is 258 g/mol. The molecule has 1 aromatic carbocycles. The number of rotatable bonds is 2. The molecule has 4 nitrogen and oxygen atoms in total. The highest BCUT2D eigenvalue weighted by Crippen LogP contribution is 2.39. The standard InChI is InChI=1S/C10H8Cl2N2O2/c1-15-6-3-2-5(8(11)9(6)12)7-4-14-10(13)16-7/h2-4H,1H3,(H2,13,14). The molecule has 0 spiro atoms. The predicted molar refractivity (Wildman–Crippen MR) is 62.9 cm³/mol. The first-order valence-electron chi connectivity index (χ1n) is 4.37. The van der Waals surface area contributed by atoms with Crippen molar-refractivity contribution >= 4 is 29.2 Å². The number of nitrogens with two attached hydrogens (primary N) is 1. The van der Waals surface area contributed by atoms with Gasteiger partial charge in [0.25, 0.3) is 6.01 Å². The Bertz CT molecular complexity index is 526. The molecule has 0 aliphatic rings. The van der Waals surface area contributed by atoms with Gasteiger partial charge in [-0.2, -0.15) is 0 Å². The van der Waals surface area contributed by atoms with Gasteiger partial charge < -0.3 is 14.9 Å². The highest BCUT2D eigenvalue weighted by Gasteiger charge is 2.14. The highest BCUT2D eigenvalue weighted by atomic mass is 35.5. The second-order valence-electron chi connectivity index (χ2n) is 3.01. The zero-order chi connectivity index (χ0) is 11.7. The molecule has 0 amide bonds. The van der Waals surface area contributed by atoms with Crippen LogP contribution in [-0.4, -0.2) is 12.1 Å². The molecule has 16 heavy (non-hydrogen) atoms. The van der Waals surface area contributed by atoms with E-state index in [1.54, 1.807) is 12.1 Å². The third kappa shape index (κ3) is 1.81. The maximum atomic E-state index is 6.08. The summed E-state index contributed by atoms with van der Waals surface area (Å²) in [6.07, 6.45) is 1.49. The number of benzene rings is 1. The van der Waals surface area contributed by atoms with Crippen LogP contribution in [0.5, 0.6) is 5.75 Å². The number of nitrogens with zero attached hydrogens (tertiary/aromatic N) is 1. The third-order valence-corrected chi connectivity index (χ3v) is 2.92. The van der Waals surface area contributed by atoms with E-state index in [1.807, 2.05) is 0 Å². The number of aromatic nitrogens is 1. The van der Waals surface area contributed by atoms with E-state index < -0.39 is 0 Å². The van der Waals surface area contributed by atoms with E-state index in [0.717, 1.165) is 0 Å². The predicted octanol–water partition coefficient (Wildman–Crippen LogP) is 3.24. The molecule has 0 saturated carbocycles. The van der Waals surface area contributed by atoms with Crippen molar-refractivity contribution in [2.24, 2.45) is 0 Å². The topological polar surface area (TPSA) is 61.3 Å². The number of hydrogen-bond donors (Lipinski definition) is 1. The molecule has 2 aromatic rings. The van der Waals surface area contributed by atoms with Crippen LogP contribution >= 0.6 is 23.2 Å². The molecule has 0 aliphatic heterocycles. The van der Waals surface area contributed by atoms with Gasteiger partial charge in [0, 0.05) is 5.56 Å². The van der Waals surface area contributed by atoms with E-state index in [1.165, 1.54) is 13.3 Å². The Morgan fingerprint density at radius 2 is 2.06 bits per heavy atom. The van der Waals surface area contributed by atoms with Crippen LogP contribution in [0, 0.1) is 0 Å². The molecule has 0 radical (unpaired) electrons. The van der Waals surface area contributed by atoms with Gasteiger partial charge in [0.15, 0.2) is 5.76 Å². The fourth-order valence-electron chi connectivity index (χ4n) is 1.29. The fourth-order valence-corrected chi connectivity index (χ4v) is 1.78. The number of oxazole rings is 1. The molecule has 0 bridgehead atoms. The summed E-state index contributed by atoms with van der Waals surface area (Å²) in [6.45, 7) is 0. The van der Waals surface area contributed by atoms with Crippen molar-refractivity contribution in [3.8, 4) is 17.1 Å². The lowest BCUT2D eigenvalue weighted by atomic mass is 10.2. The zero-order valence-electron chi connectivity index (χ0n) is 8.33. The number of methoxy groups -OCH3 is 1. The van der Waals surface area contributed by atoms with Crippen LogP contribution in [0.3, 0.4) is 0 Å². The lowest BCUT2D eigenvalue weighted by Gasteiger charge is -2.07. The van der Waals surface area contributed by atoms with E-state index >= 15 is 0 Å². The van der Waals surface area contributed by atoms with Crippen molar-refractivity contribution in [1.29, 1.82) is 0 Å². The maximum absolute atomic E-state index is 6.08. The van der Waals surface area contributed by atoms with Gasteiger partial charge in [-0.1, -0.05) is 23.2 Å². The van der Waals surface area contributed by atoms with Gasteiger partial charge in [-0.25, -0.2) is 4.98 Å². The summed E-state index contributed by atoms with van der Waals surface area (Å²) >= 11 is 12.1. The highest BCUT2D eigenvalue weighted by molar-refractivity contribution is 6.44. The summed E-state index contributed by atoms with van der Waals surface area (Å²) < 4.78 is 10.2. The van der Waals surface area contributed by atoms with Crippen LogP contribution in [0.2, 0.25) is 10.0 Å². The average molecular weight is 259 g/mol. The van der Waals surface area contributed by atoms with Crippen molar-refractivity contribution in [2.75, 3.05) is 12.8 Å². The molecular formula is C10H8Cl2N2O2. The minimum atomic E-state index is 0.0815. The normalized spacial score (nSPS) is 10.4. The summed E-state index contributed by atoms with van der Waals surface area (Å²) in [6, 6.07) is 3.51. The lowest BCUT2D eigenvalue weighted by Crippen LogP contribution is -1.86. The Morgan fingerprint density at radius 1 is 1.31 bits per heavy atom. The van der Waals surface area contributed by atoms with Crippen LogP contribution in [-0.2, 0) is 0 Å². The van der Waals surface area contributed by atoms with Crippen LogP contribution in [0.1, 0.15) is 0 Å². The van der Waals surface area contributed by atoms with Crippen LogP contribution in [0.15, 0.2) is 22.7 Å². The van der Waals surface area contributed by atoms with Crippen LogP contribution < -0.4 is 10.5 Å². The molecule has 0 atom stereocenters. The first-order chi connectivity index (χ1) is 7.63. The number of hydrogen-bond acceptors (Lipinski definition) is 4. The molecule has 1 aromatic heterocycles. The van der Waals surface area contributed by atoms with E-state index in [-0.39, 0.29) is 6.01 Å². The molecule has 1 heterocycles. The maximum Gasteiger partial charge on any atom is 0.292 e. The lowest BCUT2D eigenvalue weighted by molar-refractivity contribution is 0.415. The van der Waals surface area contributed by atoms with Gasteiger partial charge >= 0.3 is 0 Å². The Morgan fingerprint density at radius 3 is 2.62 bits per heavy atom. The Balaban J connectivity index is 2.55. The molecule has 6 heteroatoms. The minimum absolute atomic E-state index is 0.0815. The van der Waals surface area contributed by atoms with E-state index in [2.05, 4.69) is 4.98 Å². The molecule has 2 rings (SSSR count). The van der Waals surface area contributed by atoms with E-state index in [0.29, 0.717) is 27.1 Å². The van der Waals surface area contributed by atoms with Gasteiger partial charge in [-0.05, 0) is 12.1 Å². The molecular weight excluding hydrogens is 251 g/mol. The SMILES string of the molecule is COc1ccc(-c2cnc(N)o2)c(Cl)c1Cl. The third-order valence-electron chi connectivity index (χ3n) is 2.06. The van der Waals surface area contributed by atoms with Gasteiger partial charge in [-0.15, -0.1) is 0 Å². The van der Waals surface area contributed by atoms with E-state index in [4.69, 9.17) is 38.1 Å². The Hall–Kier alpha value is -1.39. The van der Waals surface area contributed by atoms with Crippen molar-refractivity contribution in [2.45, 2.75) is 0 Å². The van der Waals surface area contributed by atoms with Crippen molar-refractivity contribution in [3.63, 3.8) is 0 Å². The van der Waals surface area contributed by atoms with Gasteiger partial charge in [-0.3, -0.25) is 0 Å². The fraction of sp³-hybridized carbons (Fsp3) is 0.100. The average Bonchev–Trinajstić information content (AvgIpc) is 2.69. The van der Waals surface area contributed by atoms with Crippen LogP contribution in [0.25, 0.3) is 11.3 Å². The quantitative estimate of drug-likeness (QED) is 0.899. The number of ether oxygens (including phenoxy) is 1. The molecule has 2 N–H and O–H groups in total. The van der Waals surface area contributed by atoms with Crippen molar-refractivity contribution < 1.29 is 9.15 Å². The zero-order valence-corrected chi connectivity index (χ0v) is 9.84. The molecule has 84 valence electrons. The molecule has 0 saturated heterocycles. The number of nitrogen functional groups attached to an aromatic ring is 1. The number of anilines is 1. The van der Waals surface area contributed by atoms with E-state index in [9.17, 15) is 0 Å². The summed E-state index contributed by atoms with van der Waals surface area (Å²) in [5, 5.41) is 0.675. The molecule has 0 fully saturated rings. The summed E-state index contributed by atoms with van der Waals surface area (Å²) in [7, 11) is 1.52. The Labute approximate surface area is 102 Å². The number of halogens is 2. The summed E-state index contributed by atoms with van der Waals surface area (Å²) in [5.41, 5.74) is 6.00. The van der Waals surface area contributed by atoms with Gasteiger partial charge in [0.2, 0.25) is 0 Å². The second kappa shape index (κ2) is 4.23. The summed E-state index contributed by atoms with van der Waals surface area (Å²) in [4.78, 5) is 3.78. The smallest absolute Gasteiger partial charge is 0.292 e. The summed E-state index contributed by atoms with van der Waals surface area (Å²) in [5.74, 6) is 0.968. The minimum Gasteiger partial charge on any atom is -0.495 e. The molecule has 0 unspecified atom stereocenters. The molecule has 0 aliphatic carbocycles. The van der Waals surface area contributed by atoms with Gasteiger partial charge in [0.05, 0.1) is 18.3 Å². The first-order valence-corrected chi connectivity index (χ1v) is 5.12. The van der Waals surface area contributed by atoms with Crippen molar-refractivity contribution in [3.05, 3.63) is 28.4 Å².